The Morgan fingerprint density at radius 2 is 2.35 bits per heavy atom. The van der Waals surface area contributed by atoms with Gasteiger partial charge in [0.2, 0.25) is 0 Å². The Morgan fingerprint density at radius 1 is 1.53 bits per heavy atom. The molecule has 0 aliphatic carbocycles. The Bertz CT molecular complexity index is 390. The second kappa shape index (κ2) is 7.88. The number of unbranched alkanes of at least 4 members (excludes halogenated alkanes) is 1. The lowest BCUT2D eigenvalue weighted by Crippen LogP contribution is -2.11. The third kappa shape index (κ3) is 4.59. The summed E-state index contributed by atoms with van der Waals surface area (Å²) in [6.07, 6.45) is 3.76. The molecular formula is C12H16ClN3O. The van der Waals surface area contributed by atoms with E-state index in [0.29, 0.717) is 29.6 Å². The summed E-state index contributed by atoms with van der Waals surface area (Å²) in [7, 11) is 0. The van der Waals surface area contributed by atoms with Crippen LogP contribution >= 0.6 is 11.6 Å². The molecule has 1 aromatic heterocycles. The molecule has 17 heavy (non-hydrogen) atoms. The fourth-order valence-electron chi connectivity index (χ4n) is 1.24. The van der Waals surface area contributed by atoms with Gasteiger partial charge < -0.3 is 10.1 Å². The van der Waals surface area contributed by atoms with Crippen molar-refractivity contribution in [2.24, 2.45) is 0 Å². The zero-order chi connectivity index (χ0) is 12.5. The van der Waals surface area contributed by atoms with Crippen LogP contribution in [0.2, 0.25) is 5.02 Å². The number of nitrogens with zero attached hydrogens (tertiary/aromatic N) is 2. The molecule has 0 amide bonds. The van der Waals surface area contributed by atoms with E-state index in [1.807, 2.05) is 6.07 Å². The first-order valence-corrected chi connectivity index (χ1v) is 6.03. The smallest absolute Gasteiger partial charge is 0.146 e. The second-order valence-corrected chi connectivity index (χ2v) is 3.90. The van der Waals surface area contributed by atoms with Gasteiger partial charge in [0.1, 0.15) is 16.9 Å². The van der Waals surface area contributed by atoms with Gasteiger partial charge in [-0.1, -0.05) is 24.9 Å². The second-order valence-electron chi connectivity index (χ2n) is 3.53. The van der Waals surface area contributed by atoms with Crippen LogP contribution in [0.25, 0.3) is 0 Å². The van der Waals surface area contributed by atoms with Gasteiger partial charge in [0.05, 0.1) is 12.2 Å². The van der Waals surface area contributed by atoms with Crippen LogP contribution in [0, 0.1) is 11.3 Å². The van der Waals surface area contributed by atoms with Gasteiger partial charge >= 0.3 is 0 Å². The summed E-state index contributed by atoms with van der Waals surface area (Å²) in [4.78, 5) is 4.07. The molecule has 0 saturated heterocycles. The molecular weight excluding hydrogens is 238 g/mol. The van der Waals surface area contributed by atoms with E-state index in [1.165, 1.54) is 0 Å². The SMILES string of the molecule is CCCCOCCNc1nccc(C#N)c1Cl. The van der Waals surface area contributed by atoms with Crippen LogP contribution in [0.5, 0.6) is 0 Å². The molecule has 0 unspecified atom stereocenters. The lowest BCUT2D eigenvalue weighted by atomic mass is 10.3. The van der Waals surface area contributed by atoms with Crippen molar-refractivity contribution in [3.63, 3.8) is 0 Å². The highest BCUT2D eigenvalue weighted by molar-refractivity contribution is 6.34. The fourth-order valence-corrected chi connectivity index (χ4v) is 1.46. The third-order valence-corrected chi connectivity index (χ3v) is 2.57. The van der Waals surface area contributed by atoms with Crippen LogP contribution in [0.4, 0.5) is 5.82 Å². The van der Waals surface area contributed by atoms with Gasteiger partial charge in [0.25, 0.3) is 0 Å². The third-order valence-electron chi connectivity index (χ3n) is 2.19. The average Bonchev–Trinajstić information content (AvgIpc) is 2.35. The maximum absolute atomic E-state index is 8.80. The Labute approximate surface area is 107 Å². The van der Waals surface area contributed by atoms with Crippen molar-refractivity contribution in [3.05, 3.63) is 22.8 Å². The van der Waals surface area contributed by atoms with E-state index in [-0.39, 0.29) is 0 Å². The maximum Gasteiger partial charge on any atom is 0.146 e. The Hall–Kier alpha value is -1.31. The summed E-state index contributed by atoms with van der Waals surface area (Å²) in [6.45, 7) is 4.14. The minimum Gasteiger partial charge on any atom is -0.380 e. The summed E-state index contributed by atoms with van der Waals surface area (Å²) in [5, 5.41) is 12.2. The molecule has 0 spiro atoms. The normalized spacial score (nSPS) is 9.94. The van der Waals surface area contributed by atoms with Crippen molar-refractivity contribution in [2.75, 3.05) is 25.1 Å². The van der Waals surface area contributed by atoms with Gasteiger partial charge in [-0.15, -0.1) is 0 Å². The highest BCUT2D eigenvalue weighted by Gasteiger charge is 2.05. The molecule has 1 rings (SSSR count). The first kappa shape index (κ1) is 13.8. The van der Waals surface area contributed by atoms with Crippen LogP contribution in [0.1, 0.15) is 25.3 Å². The van der Waals surface area contributed by atoms with Crippen molar-refractivity contribution in [2.45, 2.75) is 19.8 Å². The molecule has 0 aliphatic heterocycles. The van der Waals surface area contributed by atoms with E-state index in [1.54, 1.807) is 12.3 Å². The van der Waals surface area contributed by atoms with Crippen LogP contribution in [0.3, 0.4) is 0 Å². The predicted octanol–water partition coefficient (Wildman–Crippen LogP) is 2.84. The zero-order valence-corrected chi connectivity index (χ0v) is 10.6. The number of pyridine rings is 1. The molecule has 5 heteroatoms. The molecule has 0 aliphatic rings. The molecule has 92 valence electrons. The maximum atomic E-state index is 8.80. The summed E-state index contributed by atoms with van der Waals surface area (Å²) >= 11 is 5.98. The number of nitrogens with one attached hydrogen (secondary N) is 1. The van der Waals surface area contributed by atoms with Gasteiger partial charge in [-0.3, -0.25) is 0 Å². The number of halogens is 1. The van der Waals surface area contributed by atoms with Crippen molar-refractivity contribution in [3.8, 4) is 6.07 Å². The molecule has 0 bridgehead atoms. The van der Waals surface area contributed by atoms with Crippen molar-refractivity contribution in [1.82, 2.24) is 4.98 Å². The number of aromatic nitrogens is 1. The Balaban J connectivity index is 2.35. The Morgan fingerprint density at radius 3 is 3.06 bits per heavy atom. The summed E-state index contributed by atoms with van der Waals surface area (Å²) in [5.41, 5.74) is 0.427. The van der Waals surface area contributed by atoms with Gasteiger partial charge in [-0.25, -0.2) is 4.98 Å². The summed E-state index contributed by atoms with van der Waals surface area (Å²) in [5.74, 6) is 0.532. The van der Waals surface area contributed by atoms with Gasteiger partial charge in [0.15, 0.2) is 0 Å². The topological polar surface area (TPSA) is 57.9 Å². The number of ether oxygens (including phenoxy) is 1. The molecule has 1 heterocycles. The van der Waals surface area contributed by atoms with Crippen LogP contribution in [-0.4, -0.2) is 24.7 Å². The quantitative estimate of drug-likeness (QED) is 0.759. The van der Waals surface area contributed by atoms with Crippen molar-refractivity contribution >= 4 is 17.4 Å². The molecule has 4 nitrogen and oxygen atoms in total. The van der Waals surface area contributed by atoms with Crippen molar-refractivity contribution < 1.29 is 4.74 Å². The summed E-state index contributed by atoms with van der Waals surface area (Å²) in [6, 6.07) is 3.60. The number of hydrogen-bond acceptors (Lipinski definition) is 4. The predicted molar refractivity (Wildman–Crippen MR) is 68.2 cm³/mol. The minimum absolute atomic E-state index is 0.364. The number of hydrogen-bond donors (Lipinski definition) is 1. The lowest BCUT2D eigenvalue weighted by molar-refractivity contribution is 0.141. The number of anilines is 1. The summed E-state index contributed by atoms with van der Waals surface area (Å²) < 4.78 is 5.39. The monoisotopic (exact) mass is 253 g/mol. The number of nitriles is 1. The van der Waals surface area contributed by atoms with E-state index >= 15 is 0 Å². The zero-order valence-electron chi connectivity index (χ0n) is 9.87. The van der Waals surface area contributed by atoms with Crippen molar-refractivity contribution in [1.29, 1.82) is 5.26 Å². The first-order chi connectivity index (χ1) is 8.29. The highest BCUT2D eigenvalue weighted by Crippen LogP contribution is 2.22. The van der Waals surface area contributed by atoms with E-state index in [2.05, 4.69) is 17.2 Å². The fraction of sp³-hybridized carbons (Fsp3) is 0.500. The van der Waals surface area contributed by atoms with E-state index in [9.17, 15) is 0 Å². The molecule has 0 radical (unpaired) electrons. The largest absolute Gasteiger partial charge is 0.380 e. The van der Waals surface area contributed by atoms with Gasteiger partial charge in [-0.2, -0.15) is 5.26 Å². The minimum atomic E-state index is 0.364. The number of rotatable bonds is 7. The molecule has 1 N–H and O–H groups in total. The molecule has 0 atom stereocenters. The van der Waals surface area contributed by atoms with E-state index in [0.717, 1.165) is 19.4 Å². The van der Waals surface area contributed by atoms with Gasteiger partial charge in [-0.05, 0) is 12.5 Å². The van der Waals surface area contributed by atoms with E-state index < -0.39 is 0 Å². The standard InChI is InChI=1S/C12H16ClN3O/c1-2-3-7-17-8-6-16-12-11(13)10(9-14)4-5-15-12/h4-5H,2-3,6-8H2,1H3,(H,15,16). The molecule has 0 fully saturated rings. The Kier molecular flexibility index (Phi) is 6.38. The van der Waals surface area contributed by atoms with E-state index in [4.69, 9.17) is 21.6 Å². The lowest BCUT2D eigenvalue weighted by Gasteiger charge is -2.08. The molecule has 1 aromatic rings. The molecule has 0 aromatic carbocycles. The van der Waals surface area contributed by atoms with Crippen LogP contribution in [0.15, 0.2) is 12.3 Å². The first-order valence-electron chi connectivity index (χ1n) is 5.65. The van der Waals surface area contributed by atoms with Gasteiger partial charge in [0, 0.05) is 19.3 Å². The average molecular weight is 254 g/mol. The van der Waals surface area contributed by atoms with Crippen LogP contribution < -0.4 is 5.32 Å². The van der Waals surface area contributed by atoms with Crippen LogP contribution in [-0.2, 0) is 4.74 Å². The molecule has 0 saturated carbocycles. The highest BCUT2D eigenvalue weighted by atomic mass is 35.5.